The largest absolute Gasteiger partial charge is 0.493 e. The van der Waals surface area contributed by atoms with Gasteiger partial charge >= 0.3 is 0 Å². The molecule has 2 atom stereocenters. The van der Waals surface area contributed by atoms with Gasteiger partial charge in [-0.1, -0.05) is 41.9 Å². The molecule has 1 fully saturated rings. The number of halogens is 1. The highest BCUT2D eigenvalue weighted by Gasteiger charge is 2.48. The number of hydrogen-bond donors (Lipinski definition) is 0. The smallest absolute Gasteiger partial charge is 0.254 e. The fourth-order valence-corrected chi connectivity index (χ4v) is 6.35. The summed E-state index contributed by atoms with van der Waals surface area (Å²) in [5.41, 5.74) is 4.50. The summed E-state index contributed by atoms with van der Waals surface area (Å²) in [6.07, 6.45) is 0.764. The lowest BCUT2D eigenvalue weighted by Crippen LogP contribution is -2.54. The molecule has 2 amide bonds. The molecule has 3 aromatic rings. The number of nitrogens with zero attached hydrogens (tertiary/aromatic N) is 3. The molecule has 2 unspecified atom stereocenters. The summed E-state index contributed by atoms with van der Waals surface area (Å²) in [6, 6.07) is 19.2. The van der Waals surface area contributed by atoms with Crippen molar-refractivity contribution in [2.75, 3.05) is 51.8 Å². The molecule has 3 aromatic carbocycles. The molecule has 196 valence electrons. The number of ether oxygens (including phenoxy) is 2. The predicted molar refractivity (Wildman–Crippen MR) is 146 cm³/mol. The van der Waals surface area contributed by atoms with Gasteiger partial charge in [0.1, 0.15) is 0 Å². The minimum absolute atomic E-state index is 0.0309. The number of carbonyl (C=O) groups is 2. The molecule has 0 radical (unpaired) electrons. The highest BCUT2D eigenvalue weighted by atomic mass is 35.5. The number of carbonyl (C=O) groups excluding carboxylic acids is 2. The zero-order chi connectivity index (χ0) is 26.4. The van der Waals surface area contributed by atoms with Crippen molar-refractivity contribution in [2.45, 2.75) is 18.4 Å². The maximum absolute atomic E-state index is 14.4. The monoisotopic (exact) mass is 531 g/mol. The van der Waals surface area contributed by atoms with Gasteiger partial charge in [0.05, 0.1) is 26.2 Å². The topological polar surface area (TPSA) is 62.3 Å². The molecule has 7 nitrogen and oxygen atoms in total. The van der Waals surface area contributed by atoms with E-state index in [0.717, 1.165) is 17.7 Å². The van der Waals surface area contributed by atoms with Crippen molar-refractivity contribution in [2.24, 2.45) is 0 Å². The first-order valence-electron chi connectivity index (χ1n) is 12.9. The SMILES string of the molecule is COc1cc2c(cc1OC)C(C(=O)N1CCN(c3cccc(Cl)c3)CC1)C1c3ccccc3CCN1C2=O. The first-order chi connectivity index (χ1) is 18.5. The van der Waals surface area contributed by atoms with E-state index in [2.05, 4.69) is 17.0 Å². The van der Waals surface area contributed by atoms with E-state index in [1.807, 2.05) is 52.3 Å². The van der Waals surface area contributed by atoms with Gasteiger partial charge in [0, 0.05) is 49.0 Å². The Hall–Kier alpha value is -3.71. The maximum Gasteiger partial charge on any atom is 0.254 e. The van der Waals surface area contributed by atoms with E-state index in [1.165, 1.54) is 5.56 Å². The summed E-state index contributed by atoms with van der Waals surface area (Å²) in [5, 5.41) is 0.699. The molecule has 0 N–H and O–H groups in total. The molecule has 38 heavy (non-hydrogen) atoms. The average molecular weight is 532 g/mol. The molecule has 3 aliphatic heterocycles. The molecule has 3 aliphatic rings. The van der Waals surface area contributed by atoms with Gasteiger partial charge in [-0.25, -0.2) is 0 Å². The van der Waals surface area contributed by atoms with E-state index in [4.69, 9.17) is 21.1 Å². The van der Waals surface area contributed by atoms with E-state index in [1.54, 1.807) is 20.3 Å². The Bertz CT molecular complexity index is 1400. The molecule has 0 spiro atoms. The second-order valence-electron chi connectivity index (χ2n) is 9.96. The maximum atomic E-state index is 14.4. The minimum atomic E-state index is -0.540. The number of amides is 2. The number of methoxy groups -OCH3 is 2. The number of benzene rings is 3. The summed E-state index contributed by atoms with van der Waals surface area (Å²) >= 11 is 6.21. The summed E-state index contributed by atoms with van der Waals surface area (Å²) in [4.78, 5) is 34.3. The van der Waals surface area contributed by atoms with Crippen molar-refractivity contribution < 1.29 is 19.1 Å². The fourth-order valence-electron chi connectivity index (χ4n) is 6.17. The van der Waals surface area contributed by atoms with E-state index in [0.29, 0.717) is 60.4 Å². The van der Waals surface area contributed by atoms with Crippen LogP contribution in [-0.2, 0) is 11.2 Å². The second kappa shape index (κ2) is 9.87. The molecule has 0 aromatic heterocycles. The quantitative estimate of drug-likeness (QED) is 0.494. The Labute approximate surface area is 227 Å². The zero-order valence-electron chi connectivity index (χ0n) is 21.5. The number of rotatable bonds is 4. The van der Waals surface area contributed by atoms with Crippen LogP contribution in [0.2, 0.25) is 5.02 Å². The molecule has 8 heteroatoms. The van der Waals surface area contributed by atoms with Crippen LogP contribution >= 0.6 is 11.6 Å². The van der Waals surface area contributed by atoms with E-state index < -0.39 is 5.92 Å². The lowest BCUT2D eigenvalue weighted by molar-refractivity contribution is -0.135. The molecule has 3 heterocycles. The Morgan fingerprint density at radius 1 is 0.868 bits per heavy atom. The molecule has 6 rings (SSSR count). The fraction of sp³-hybridized carbons (Fsp3) is 0.333. The lowest BCUT2D eigenvalue weighted by Gasteiger charge is -2.47. The lowest BCUT2D eigenvalue weighted by atomic mass is 9.75. The molecular formula is C30H30ClN3O4. The van der Waals surface area contributed by atoms with Gasteiger partial charge in [-0.05, 0) is 53.4 Å². The van der Waals surface area contributed by atoms with Gasteiger partial charge in [0.15, 0.2) is 11.5 Å². The van der Waals surface area contributed by atoms with Crippen LogP contribution in [0.1, 0.15) is 39.0 Å². The highest BCUT2D eigenvalue weighted by molar-refractivity contribution is 6.30. The minimum Gasteiger partial charge on any atom is -0.493 e. The van der Waals surface area contributed by atoms with E-state index >= 15 is 0 Å². The van der Waals surface area contributed by atoms with Crippen molar-refractivity contribution in [1.82, 2.24) is 9.80 Å². The van der Waals surface area contributed by atoms with Gasteiger partial charge in [-0.3, -0.25) is 9.59 Å². The van der Waals surface area contributed by atoms with Gasteiger partial charge < -0.3 is 24.2 Å². The number of fused-ring (bicyclic) bond motifs is 4. The Kier molecular flexibility index (Phi) is 6.40. The van der Waals surface area contributed by atoms with Crippen molar-refractivity contribution in [3.05, 3.63) is 87.9 Å². The number of piperazine rings is 1. The summed E-state index contributed by atoms with van der Waals surface area (Å²) in [6.45, 7) is 3.17. The third kappa shape index (κ3) is 4.06. The van der Waals surface area contributed by atoms with Crippen molar-refractivity contribution in [3.63, 3.8) is 0 Å². The average Bonchev–Trinajstić information content (AvgIpc) is 2.96. The predicted octanol–water partition coefficient (Wildman–Crippen LogP) is 4.54. The van der Waals surface area contributed by atoms with Crippen LogP contribution in [0, 0.1) is 0 Å². The zero-order valence-corrected chi connectivity index (χ0v) is 22.3. The first kappa shape index (κ1) is 24.6. The van der Waals surface area contributed by atoms with Gasteiger partial charge in [0.2, 0.25) is 5.91 Å². The summed E-state index contributed by atoms with van der Waals surface area (Å²) < 4.78 is 11.1. The van der Waals surface area contributed by atoms with Gasteiger partial charge in [-0.2, -0.15) is 0 Å². The van der Waals surface area contributed by atoms with Gasteiger partial charge in [0.25, 0.3) is 5.91 Å². The van der Waals surface area contributed by atoms with Crippen LogP contribution in [0.15, 0.2) is 60.7 Å². The summed E-state index contributed by atoms with van der Waals surface area (Å²) in [5.74, 6) is 0.414. The summed E-state index contributed by atoms with van der Waals surface area (Å²) in [7, 11) is 3.13. The third-order valence-electron chi connectivity index (χ3n) is 8.06. The van der Waals surface area contributed by atoms with Crippen LogP contribution in [0.5, 0.6) is 11.5 Å². The van der Waals surface area contributed by atoms with E-state index in [-0.39, 0.29) is 17.9 Å². The standard InChI is InChI=1S/C30H30ClN3O4/c1-37-25-17-23-24(18-26(25)38-2)29(35)34-11-10-19-6-3-4-9-22(19)28(34)27(23)30(36)33-14-12-32(13-15-33)21-8-5-7-20(31)16-21/h3-9,16-18,27-28H,10-15H2,1-2H3. The van der Waals surface area contributed by atoms with Crippen molar-refractivity contribution >= 4 is 29.1 Å². The highest BCUT2D eigenvalue weighted by Crippen LogP contribution is 2.49. The van der Waals surface area contributed by atoms with Crippen LogP contribution in [-0.4, -0.2) is 68.6 Å². The van der Waals surface area contributed by atoms with Crippen molar-refractivity contribution in [1.29, 1.82) is 0 Å². The van der Waals surface area contributed by atoms with E-state index in [9.17, 15) is 9.59 Å². The van der Waals surface area contributed by atoms with Crippen molar-refractivity contribution in [3.8, 4) is 11.5 Å². The van der Waals surface area contributed by atoms with Crippen LogP contribution < -0.4 is 14.4 Å². The molecule has 0 saturated carbocycles. The molecule has 0 aliphatic carbocycles. The number of anilines is 1. The Morgan fingerprint density at radius 3 is 2.34 bits per heavy atom. The molecule has 1 saturated heterocycles. The Balaban J connectivity index is 1.39. The molecular weight excluding hydrogens is 502 g/mol. The van der Waals surface area contributed by atoms with Crippen LogP contribution in [0.3, 0.4) is 0 Å². The normalized spacial score (nSPS) is 20.4. The second-order valence-corrected chi connectivity index (χ2v) is 10.4. The van der Waals surface area contributed by atoms with Crippen LogP contribution in [0.25, 0.3) is 0 Å². The Morgan fingerprint density at radius 2 is 1.61 bits per heavy atom. The van der Waals surface area contributed by atoms with Gasteiger partial charge in [-0.15, -0.1) is 0 Å². The first-order valence-corrected chi connectivity index (χ1v) is 13.3. The molecule has 0 bridgehead atoms. The van der Waals surface area contributed by atoms with Crippen LogP contribution in [0.4, 0.5) is 5.69 Å². The number of hydrogen-bond acceptors (Lipinski definition) is 5. The third-order valence-corrected chi connectivity index (χ3v) is 8.30.